The van der Waals surface area contributed by atoms with Gasteiger partial charge in [0.15, 0.2) is 0 Å². The fourth-order valence-corrected chi connectivity index (χ4v) is 1.80. The molecule has 0 aliphatic heterocycles. The fourth-order valence-electron chi connectivity index (χ4n) is 1.37. The van der Waals surface area contributed by atoms with E-state index in [9.17, 15) is 0 Å². The minimum Gasteiger partial charge on any atom is -0.342 e. The Morgan fingerprint density at radius 2 is 2.07 bits per heavy atom. The highest BCUT2D eigenvalue weighted by Crippen LogP contribution is 2.26. The van der Waals surface area contributed by atoms with Crippen molar-refractivity contribution in [2.24, 2.45) is 0 Å². The Bertz CT molecular complexity index is 460. The molecule has 0 spiro atoms. The number of rotatable bonds is 1. The monoisotopic (exact) mass is 250 g/mol. The van der Waals surface area contributed by atoms with E-state index in [2.05, 4.69) is 45.0 Å². The van der Waals surface area contributed by atoms with Gasteiger partial charge in [-0.15, -0.1) is 0 Å². The summed E-state index contributed by atoms with van der Waals surface area (Å²) in [7, 11) is 0. The van der Waals surface area contributed by atoms with Gasteiger partial charge >= 0.3 is 0 Å². The number of hydrogen-bond acceptors (Lipinski definition) is 1. The zero-order valence-electron chi connectivity index (χ0n) is 8.13. The first kappa shape index (κ1) is 9.46. The first-order valence-electron chi connectivity index (χ1n) is 4.45. The van der Waals surface area contributed by atoms with Crippen LogP contribution in [0.5, 0.6) is 0 Å². The molecule has 2 nitrogen and oxygen atoms in total. The molecule has 2 rings (SSSR count). The second-order valence-electron chi connectivity index (χ2n) is 3.40. The molecule has 1 aromatic heterocycles. The van der Waals surface area contributed by atoms with Gasteiger partial charge in [0.2, 0.25) is 0 Å². The Labute approximate surface area is 91.5 Å². The number of aryl methyl sites for hydroxylation is 2. The summed E-state index contributed by atoms with van der Waals surface area (Å²) in [5.74, 6) is 0.915. The minimum atomic E-state index is 0.915. The molecule has 0 saturated carbocycles. The Hall–Kier alpha value is -1.09. The fraction of sp³-hybridized carbons (Fsp3) is 0.182. The topological polar surface area (TPSA) is 28.7 Å². The number of aromatic nitrogens is 2. The lowest BCUT2D eigenvalue weighted by molar-refractivity contribution is 1.25. The first-order chi connectivity index (χ1) is 6.66. The highest BCUT2D eigenvalue weighted by Gasteiger charge is 2.05. The molecule has 1 N–H and O–H groups in total. The third-order valence-electron chi connectivity index (χ3n) is 2.08. The number of aromatic amines is 1. The van der Waals surface area contributed by atoms with Crippen molar-refractivity contribution < 1.29 is 0 Å². The van der Waals surface area contributed by atoms with E-state index >= 15 is 0 Å². The van der Waals surface area contributed by atoms with Crippen LogP contribution in [0.25, 0.3) is 11.4 Å². The standard InChI is InChI=1S/C11H11BrN2/c1-7-3-4-10(12)9(5-7)11-13-6-8(2)14-11/h3-6H,1-2H3,(H,13,14). The van der Waals surface area contributed by atoms with E-state index in [4.69, 9.17) is 0 Å². The third-order valence-corrected chi connectivity index (χ3v) is 2.77. The van der Waals surface area contributed by atoms with E-state index in [1.807, 2.05) is 19.2 Å². The van der Waals surface area contributed by atoms with Crippen molar-refractivity contribution in [3.8, 4) is 11.4 Å². The van der Waals surface area contributed by atoms with E-state index in [1.54, 1.807) is 0 Å². The molecule has 0 aliphatic carbocycles. The van der Waals surface area contributed by atoms with Gasteiger partial charge in [-0.1, -0.05) is 27.6 Å². The second-order valence-corrected chi connectivity index (χ2v) is 4.25. The van der Waals surface area contributed by atoms with Crippen molar-refractivity contribution in [3.63, 3.8) is 0 Å². The Morgan fingerprint density at radius 1 is 1.29 bits per heavy atom. The smallest absolute Gasteiger partial charge is 0.138 e. The summed E-state index contributed by atoms with van der Waals surface area (Å²) in [4.78, 5) is 7.52. The van der Waals surface area contributed by atoms with Gasteiger partial charge in [-0.05, 0) is 26.0 Å². The highest BCUT2D eigenvalue weighted by molar-refractivity contribution is 9.10. The van der Waals surface area contributed by atoms with Crippen LogP contribution < -0.4 is 0 Å². The SMILES string of the molecule is Cc1ccc(Br)c(-c2ncc(C)[nH]2)c1. The van der Waals surface area contributed by atoms with Crippen molar-refractivity contribution in [3.05, 3.63) is 40.1 Å². The van der Waals surface area contributed by atoms with Crippen molar-refractivity contribution >= 4 is 15.9 Å². The molecule has 0 radical (unpaired) electrons. The van der Waals surface area contributed by atoms with Crippen LogP contribution in [0.15, 0.2) is 28.9 Å². The number of hydrogen-bond donors (Lipinski definition) is 1. The summed E-state index contributed by atoms with van der Waals surface area (Å²) in [6.45, 7) is 4.08. The maximum absolute atomic E-state index is 4.30. The molecule has 0 atom stereocenters. The first-order valence-corrected chi connectivity index (χ1v) is 5.24. The van der Waals surface area contributed by atoms with Gasteiger partial charge in [0.1, 0.15) is 5.82 Å². The van der Waals surface area contributed by atoms with Crippen LogP contribution in [-0.4, -0.2) is 9.97 Å². The molecule has 0 saturated heterocycles. The van der Waals surface area contributed by atoms with Crippen LogP contribution in [0, 0.1) is 13.8 Å². The maximum atomic E-state index is 4.30. The number of nitrogens with one attached hydrogen (secondary N) is 1. The van der Waals surface area contributed by atoms with E-state index in [1.165, 1.54) is 5.56 Å². The lowest BCUT2D eigenvalue weighted by Crippen LogP contribution is -1.84. The average Bonchev–Trinajstić information content (AvgIpc) is 2.56. The van der Waals surface area contributed by atoms with Gasteiger partial charge in [-0.3, -0.25) is 0 Å². The molecule has 14 heavy (non-hydrogen) atoms. The van der Waals surface area contributed by atoms with Crippen molar-refractivity contribution in [1.29, 1.82) is 0 Å². The summed E-state index contributed by atoms with van der Waals surface area (Å²) < 4.78 is 1.07. The largest absolute Gasteiger partial charge is 0.342 e. The summed E-state index contributed by atoms with van der Waals surface area (Å²) in [6.07, 6.45) is 1.84. The molecule has 0 fully saturated rings. The van der Waals surface area contributed by atoms with Gasteiger partial charge in [-0.25, -0.2) is 4.98 Å². The molecule has 1 aromatic carbocycles. The number of halogens is 1. The molecule has 0 amide bonds. The predicted octanol–water partition coefficient (Wildman–Crippen LogP) is 3.46. The lowest BCUT2D eigenvalue weighted by Gasteiger charge is -2.02. The van der Waals surface area contributed by atoms with Crippen LogP contribution >= 0.6 is 15.9 Å². The second kappa shape index (κ2) is 3.58. The molecule has 3 heteroatoms. The summed E-state index contributed by atoms with van der Waals surface area (Å²) in [5, 5.41) is 0. The lowest BCUT2D eigenvalue weighted by atomic mass is 10.1. The Morgan fingerprint density at radius 3 is 2.71 bits per heavy atom. The minimum absolute atomic E-state index is 0.915. The van der Waals surface area contributed by atoms with Crippen LogP contribution in [-0.2, 0) is 0 Å². The third kappa shape index (κ3) is 1.73. The summed E-state index contributed by atoms with van der Waals surface area (Å²) in [6, 6.07) is 6.23. The molecule has 0 aliphatic rings. The van der Waals surface area contributed by atoms with E-state index < -0.39 is 0 Å². The molecule has 2 aromatic rings. The normalized spacial score (nSPS) is 10.5. The summed E-state index contributed by atoms with van der Waals surface area (Å²) >= 11 is 3.52. The van der Waals surface area contributed by atoms with Gasteiger partial charge < -0.3 is 4.98 Å². The Kier molecular flexibility index (Phi) is 2.42. The van der Waals surface area contributed by atoms with Crippen LogP contribution in [0.3, 0.4) is 0 Å². The quantitative estimate of drug-likeness (QED) is 0.826. The van der Waals surface area contributed by atoms with E-state index in [0.29, 0.717) is 0 Å². The van der Waals surface area contributed by atoms with Crippen molar-refractivity contribution in [1.82, 2.24) is 9.97 Å². The zero-order valence-corrected chi connectivity index (χ0v) is 9.72. The van der Waals surface area contributed by atoms with Gasteiger partial charge in [0.25, 0.3) is 0 Å². The van der Waals surface area contributed by atoms with Gasteiger partial charge in [-0.2, -0.15) is 0 Å². The van der Waals surface area contributed by atoms with Crippen LogP contribution in [0.1, 0.15) is 11.3 Å². The molecule has 1 heterocycles. The number of nitrogens with zero attached hydrogens (tertiary/aromatic N) is 1. The van der Waals surface area contributed by atoms with Crippen molar-refractivity contribution in [2.45, 2.75) is 13.8 Å². The predicted molar refractivity (Wildman–Crippen MR) is 61.2 cm³/mol. The number of imidazole rings is 1. The molecule has 72 valence electrons. The molecular weight excluding hydrogens is 240 g/mol. The van der Waals surface area contributed by atoms with Gasteiger partial charge in [0, 0.05) is 21.9 Å². The summed E-state index contributed by atoms with van der Waals surface area (Å²) in [5.41, 5.74) is 3.42. The molecule has 0 bridgehead atoms. The zero-order chi connectivity index (χ0) is 10.1. The van der Waals surface area contributed by atoms with Crippen LogP contribution in [0.2, 0.25) is 0 Å². The van der Waals surface area contributed by atoms with E-state index in [0.717, 1.165) is 21.6 Å². The highest BCUT2D eigenvalue weighted by atomic mass is 79.9. The maximum Gasteiger partial charge on any atom is 0.138 e. The van der Waals surface area contributed by atoms with Crippen molar-refractivity contribution in [2.75, 3.05) is 0 Å². The van der Waals surface area contributed by atoms with E-state index in [-0.39, 0.29) is 0 Å². The molecule has 0 unspecified atom stereocenters. The number of benzene rings is 1. The molecular formula is C11H11BrN2. The Balaban J connectivity index is 2.55. The van der Waals surface area contributed by atoms with Crippen LogP contribution in [0.4, 0.5) is 0 Å². The number of H-pyrrole nitrogens is 1. The average molecular weight is 251 g/mol. The van der Waals surface area contributed by atoms with Gasteiger partial charge in [0.05, 0.1) is 0 Å².